The maximum atomic E-state index is 13.5. The van der Waals surface area contributed by atoms with E-state index in [1.807, 2.05) is 44.2 Å². The van der Waals surface area contributed by atoms with E-state index in [2.05, 4.69) is 25.3 Å². The van der Waals surface area contributed by atoms with Crippen LogP contribution in [0.1, 0.15) is 36.3 Å². The number of carbonyl (C=O) groups excluding carboxylic acids is 4. The third-order valence-electron chi connectivity index (χ3n) is 5.56. The fraction of sp³-hybridized carbons (Fsp3) is 0.417. The lowest BCUT2D eigenvalue weighted by Crippen LogP contribution is -2.62. The van der Waals surface area contributed by atoms with E-state index in [1.165, 1.54) is 18.6 Å². The van der Waals surface area contributed by atoms with Gasteiger partial charge >= 0.3 is 19.1 Å². The highest BCUT2D eigenvalue weighted by molar-refractivity contribution is 6.50. The van der Waals surface area contributed by atoms with Crippen LogP contribution in [-0.2, 0) is 34.9 Å². The van der Waals surface area contributed by atoms with Gasteiger partial charge in [0.1, 0.15) is 11.7 Å². The summed E-state index contributed by atoms with van der Waals surface area (Å²) in [5, 5.41) is 15.5. The summed E-state index contributed by atoms with van der Waals surface area (Å²) in [5.74, 6) is -4.10. The molecule has 0 aliphatic carbocycles. The van der Waals surface area contributed by atoms with Crippen molar-refractivity contribution in [2.75, 3.05) is 7.11 Å². The Morgan fingerprint density at radius 2 is 1.89 bits per heavy atom. The molecule has 0 radical (unpaired) electrons. The van der Waals surface area contributed by atoms with Crippen LogP contribution in [0.4, 0.5) is 0 Å². The SMILES string of the molecule is COC(=O)[C@@H]1OB([C@H](CC(C)C)NC(=O)[C@H](Cc2ccccc2)NC(=O)c2cnccn2)OC(=O)[C@H]1O. The Bertz CT molecular complexity index is 1090. The van der Waals surface area contributed by atoms with Crippen LogP contribution in [0.2, 0.25) is 0 Å². The monoisotopic (exact) mass is 512 g/mol. The van der Waals surface area contributed by atoms with Crippen LogP contribution in [0, 0.1) is 5.92 Å². The van der Waals surface area contributed by atoms with Gasteiger partial charge in [0, 0.05) is 18.8 Å². The molecule has 12 nitrogen and oxygen atoms in total. The molecule has 1 fully saturated rings. The van der Waals surface area contributed by atoms with Gasteiger partial charge in [-0.3, -0.25) is 19.4 Å². The van der Waals surface area contributed by atoms with E-state index in [9.17, 15) is 24.3 Å². The van der Waals surface area contributed by atoms with Crippen LogP contribution >= 0.6 is 0 Å². The first-order chi connectivity index (χ1) is 17.7. The molecule has 3 rings (SSSR count). The molecule has 1 saturated heterocycles. The summed E-state index contributed by atoms with van der Waals surface area (Å²) in [6, 6.07) is 8.04. The highest BCUT2D eigenvalue weighted by atomic mass is 16.7. The lowest BCUT2D eigenvalue weighted by atomic mass is 9.72. The van der Waals surface area contributed by atoms with Gasteiger partial charge in [-0.15, -0.1) is 0 Å². The van der Waals surface area contributed by atoms with E-state index in [0.717, 1.165) is 12.7 Å². The number of carbonyl (C=O) groups is 4. The number of ether oxygens (including phenoxy) is 1. The summed E-state index contributed by atoms with van der Waals surface area (Å²) < 4.78 is 15.4. The number of hydrogen-bond donors (Lipinski definition) is 3. The third kappa shape index (κ3) is 7.57. The van der Waals surface area contributed by atoms with Crippen molar-refractivity contribution in [3.63, 3.8) is 0 Å². The van der Waals surface area contributed by atoms with Crippen LogP contribution in [-0.4, -0.2) is 77.2 Å². The lowest BCUT2D eigenvalue weighted by molar-refractivity contribution is -0.174. The van der Waals surface area contributed by atoms with E-state index in [1.54, 1.807) is 0 Å². The maximum absolute atomic E-state index is 13.5. The first kappa shape index (κ1) is 27.7. The number of methoxy groups -OCH3 is 1. The predicted octanol–water partition coefficient (Wildman–Crippen LogP) is -0.148. The number of amides is 2. The fourth-order valence-corrected chi connectivity index (χ4v) is 3.77. The normalized spacial score (nSPS) is 18.9. The minimum absolute atomic E-state index is 0.0118. The van der Waals surface area contributed by atoms with Crippen molar-refractivity contribution < 1.29 is 38.3 Å². The van der Waals surface area contributed by atoms with Crippen LogP contribution in [0.15, 0.2) is 48.9 Å². The smallest absolute Gasteiger partial charge is 0.506 e. The second kappa shape index (κ2) is 12.9. The molecule has 4 atom stereocenters. The third-order valence-corrected chi connectivity index (χ3v) is 5.56. The minimum Gasteiger partial charge on any atom is -0.506 e. The first-order valence-corrected chi connectivity index (χ1v) is 11.7. The summed E-state index contributed by atoms with van der Waals surface area (Å²) in [4.78, 5) is 58.4. The predicted molar refractivity (Wildman–Crippen MR) is 130 cm³/mol. The Balaban J connectivity index is 1.82. The van der Waals surface area contributed by atoms with Crippen LogP contribution < -0.4 is 10.6 Å². The number of esters is 1. The Kier molecular flexibility index (Phi) is 9.69. The van der Waals surface area contributed by atoms with Gasteiger partial charge in [-0.05, 0) is 17.9 Å². The number of hydrogen-bond acceptors (Lipinski definition) is 10. The molecule has 3 N–H and O–H groups in total. The Morgan fingerprint density at radius 3 is 2.51 bits per heavy atom. The van der Waals surface area contributed by atoms with E-state index in [0.29, 0.717) is 6.42 Å². The molecule has 1 aromatic carbocycles. The molecule has 2 heterocycles. The van der Waals surface area contributed by atoms with Crippen molar-refractivity contribution in [1.82, 2.24) is 20.6 Å². The molecule has 0 bridgehead atoms. The van der Waals surface area contributed by atoms with Crippen LogP contribution in [0.3, 0.4) is 0 Å². The highest BCUT2D eigenvalue weighted by Crippen LogP contribution is 2.19. The molecule has 1 aromatic heterocycles. The zero-order valence-electron chi connectivity index (χ0n) is 20.7. The van der Waals surface area contributed by atoms with Crippen LogP contribution in [0.25, 0.3) is 0 Å². The first-order valence-electron chi connectivity index (χ1n) is 11.7. The largest absolute Gasteiger partial charge is 0.552 e. The number of nitrogens with one attached hydrogen (secondary N) is 2. The summed E-state index contributed by atoms with van der Waals surface area (Å²) in [6.45, 7) is 3.77. The number of nitrogens with zero attached hydrogens (tertiary/aromatic N) is 2. The van der Waals surface area contributed by atoms with Gasteiger partial charge in [0.25, 0.3) is 5.91 Å². The van der Waals surface area contributed by atoms with Gasteiger partial charge in [-0.2, -0.15) is 0 Å². The van der Waals surface area contributed by atoms with E-state index in [4.69, 9.17) is 9.31 Å². The average molecular weight is 512 g/mol. The molecular formula is C24H29BN4O8. The van der Waals surface area contributed by atoms with Gasteiger partial charge in [0.2, 0.25) is 5.91 Å². The topological polar surface area (TPSA) is 166 Å². The zero-order chi connectivity index (χ0) is 26.9. The Morgan fingerprint density at radius 1 is 1.16 bits per heavy atom. The maximum Gasteiger partial charge on any atom is 0.552 e. The van der Waals surface area contributed by atoms with Gasteiger partial charge in [0.05, 0.1) is 19.2 Å². The highest BCUT2D eigenvalue weighted by Gasteiger charge is 2.50. The molecule has 0 spiro atoms. The zero-order valence-corrected chi connectivity index (χ0v) is 20.7. The minimum atomic E-state index is -1.86. The number of aliphatic hydroxyl groups is 1. The van der Waals surface area contributed by atoms with Crippen molar-refractivity contribution in [1.29, 1.82) is 0 Å². The van der Waals surface area contributed by atoms with Gasteiger partial charge < -0.3 is 29.8 Å². The quantitative estimate of drug-likeness (QED) is 0.288. The lowest BCUT2D eigenvalue weighted by Gasteiger charge is -2.34. The summed E-state index contributed by atoms with van der Waals surface area (Å²) in [5.41, 5.74) is 0.822. The molecule has 1 aliphatic heterocycles. The van der Waals surface area contributed by atoms with Gasteiger partial charge in [0.15, 0.2) is 12.2 Å². The van der Waals surface area contributed by atoms with Crippen molar-refractivity contribution >= 4 is 30.9 Å². The van der Waals surface area contributed by atoms with E-state index >= 15 is 0 Å². The molecule has 2 amide bonds. The average Bonchev–Trinajstić information content (AvgIpc) is 2.89. The van der Waals surface area contributed by atoms with Crippen molar-refractivity contribution in [3.05, 3.63) is 60.2 Å². The number of aromatic nitrogens is 2. The summed E-state index contributed by atoms with van der Waals surface area (Å²) in [7, 11) is -0.284. The van der Waals surface area contributed by atoms with Crippen molar-refractivity contribution in [2.24, 2.45) is 5.92 Å². The molecule has 2 aromatic rings. The fourth-order valence-electron chi connectivity index (χ4n) is 3.77. The van der Waals surface area contributed by atoms with Crippen molar-refractivity contribution in [3.8, 4) is 0 Å². The van der Waals surface area contributed by atoms with Gasteiger partial charge in [-0.25, -0.2) is 9.78 Å². The van der Waals surface area contributed by atoms with Crippen LogP contribution in [0.5, 0.6) is 0 Å². The Labute approximate surface area is 214 Å². The molecule has 37 heavy (non-hydrogen) atoms. The molecule has 13 heteroatoms. The molecular weight excluding hydrogens is 483 g/mol. The van der Waals surface area contributed by atoms with Crippen molar-refractivity contribution in [2.45, 2.75) is 50.9 Å². The molecule has 1 aliphatic rings. The molecule has 196 valence electrons. The second-order valence-corrected chi connectivity index (χ2v) is 8.88. The summed E-state index contributed by atoms with van der Waals surface area (Å²) >= 11 is 0. The number of rotatable bonds is 10. The molecule has 0 unspecified atom stereocenters. The number of benzene rings is 1. The van der Waals surface area contributed by atoms with E-state index < -0.39 is 55.1 Å². The standard InChI is InChI=1S/C24H29BN4O8/c1-14(2)11-18(25-36-20(24(34)35-3)19(30)23(33)37-25)29-21(31)16(12-15-7-5-4-6-8-15)28-22(32)17-13-26-9-10-27-17/h4-10,13-14,16,18-20,30H,11-12H2,1-3H3,(H,28,32)(H,29,31)/t16-,18-,19-,20+/m0/s1. The number of aliphatic hydroxyl groups excluding tert-OH is 1. The summed E-state index contributed by atoms with van der Waals surface area (Å²) in [6.07, 6.45) is 1.04. The Hall–Kier alpha value is -3.84. The van der Waals surface area contributed by atoms with Gasteiger partial charge in [-0.1, -0.05) is 44.2 Å². The second-order valence-electron chi connectivity index (χ2n) is 8.88. The van der Waals surface area contributed by atoms with E-state index in [-0.39, 0.29) is 18.0 Å². The molecule has 0 saturated carbocycles.